The Labute approximate surface area is 101 Å². The summed E-state index contributed by atoms with van der Waals surface area (Å²) in [7, 11) is 0. The topological polar surface area (TPSA) is 55.2 Å². The summed E-state index contributed by atoms with van der Waals surface area (Å²) in [6.45, 7) is 5.94. The van der Waals surface area contributed by atoms with E-state index in [9.17, 15) is 10.1 Å². The molecule has 1 aliphatic rings. The molecule has 0 heterocycles. The van der Waals surface area contributed by atoms with Crippen LogP contribution in [-0.2, 0) is 0 Å². The van der Waals surface area contributed by atoms with Gasteiger partial charge in [-0.25, -0.2) is 0 Å². The lowest BCUT2D eigenvalue weighted by Gasteiger charge is -2.34. The van der Waals surface area contributed by atoms with Crippen LogP contribution in [0.15, 0.2) is 12.1 Å². The van der Waals surface area contributed by atoms with Crippen LogP contribution in [0, 0.1) is 29.9 Å². The predicted molar refractivity (Wildman–Crippen MR) is 68.4 cm³/mol. The minimum atomic E-state index is -0.322. The van der Waals surface area contributed by atoms with Crippen LogP contribution in [0.1, 0.15) is 30.9 Å². The molecule has 1 aromatic carbocycles. The Hall–Kier alpha value is -1.58. The maximum absolute atomic E-state index is 10.8. The van der Waals surface area contributed by atoms with Crippen molar-refractivity contribution in [2.75, 3.05) is 5.32 Å². The van der Waals surface area contributed by atoms with E-state index in [-0.39, 0.29) is 10.6 Å². The van der Waals surface area contributed by atoms with E-state index in [1.807, 2.05) is 13.0 Å². The van der Waals surface area contributed by atoms with Crippen LogP contribution < -0.4 is 5.32 Å². The van der Waals surface area contributed by atoms with Gasteiger partial charge in [-0.1, -0.05) is 6.92 Å². The second-order valence-corrected chi connectivity index (χ2v) is 5.13. The van der Waals surface area contributed by atoms with Gasteiger partial charge in [-0.3, -0.25) is 10.1 Å². The van der Waals surface area contributed by atoms with Gasteiger partial charge >= 0.3 is 0 Å². The number of anilines is 1. The molecule has 1 aliphatic carbocycles. The smallest absolute Gasteiger partial charge is 0.272 e. The van der Waals surface area contributed by atoms with Crippen molar-refractivity contribution in [3.05, 3.63) is 33.4 Å². The van der Waals surface area contributed by atoms with Crippen LogP contribution in [0.2, 0.25) is 0 Å². The highest BCUT2D eigenvalue weighted by Gasteiger charge is 2.25. The first-order chi connectivity index (χ1) is 7.97. The monoisotopic (exact) mass is 234 g/mol. The standard InChI is InChI=1S/C13H18N2O2/c1-8-4-11(5-8)14-12-6-10(3)13(15(16)17)7-9(12)2/h6-8,11,14H,4-5H2,1-3H3. The van der Waals surface area contributed by atoms with E-state index in [0.29, 0.717) is 6.04 Å². The number of aryl methyl sites for hydroxylation is 2. The predicted octanol–water partition coefficient (Wildman–Crippen LogP) is 3.42. The van der Waals surface area contributed by atoms with E-state index >= 15 is 0 Å². The average molecular weight is 234 g/mol. The van der Waals surface area contributed by atoms with Crippen molar-refractivity contribution in [1.82, 2.24) is 0 Å². The van der Waals surface area contributed by atoms with Crippen LogP contribution in [0.3, 0.4) is 0 Å². The van der Waals surface area contributed by atoms with Crippen molar-refractivity contribution < 1.29 is 4.92 Å². The number of hydrogen-bond donors (Lipinski definition) is 1. The molecule has 0 radical (unpaired) electrons. The largest absolute Gasteiger partial charge is 0.382 e. The molecule has 0 spiro atoms. The molecule has 92 valence electrons. The third kappa shape index (κ3) is 2.40. The fraction of sp³-hybridized carbons (Fsp3) is 0.538. The number of nitrogens with zero attached hydrogens (tertiary/aromatic N) is 1. The highest BCUT2D eigenvalue weighted by atomic mass is 16.6. The van der Waals surface area contributed by atoms with Crippen LogP contribution in [0.5, 0.6) is 0 Å². The molecule has 0 aliphatic heterocycles. The lowest BCUT2D eigenvalue weighted by Crippen LogP contribution is -2.34. The fourth-order valence-electron chi connectivity index (χ4n) is 2.39. The van der Waals surface area contributed by atoms with Gasteiger partial charge in [-0.15, -0.1) is 0 Å². The molecule has 1 fully saturated rings. The minimum absolute atomic E-state index is 0.204. The number of benzene rings is 1. The van der Waals surface area contributed by atoms with Crippen molar-refractivity contribution in [2.45, 2.75) is 39.7 Å². The quantitative estimate of drug-likeness (QED) is 0.644. The summed E-state index contributed by atoms with van der Waals surface area (Å²) in [4.78, 5) is 10.5. The molecule has 17 heavy (non-hydrogen) atoms. The number of nitro groups is 1. The summed E-state index contributed by atoms with van der Waals surface area (Å²) in [5.74, 6) is 0.798. The third-order valence-electron chi connectivity index (χ3n) is 3.47. The van der Waals surface area contributed by atoms with Gasteiger partial charge in [0, 0.05) is 23.4 Å². The van der Waals surface area contributed by atoms with Crippen molar-refractivity contribution in [3.8, 4) is 0 Å². The Kier molecular flexibility index (Phi) is 3.05. The van der Waals surface area contributed by atoms with Crippen molar-refractivity contribution in [1.29, 1.82) is 0 Å². The van der Waals surface area contributed by atoms with E-state index in [1.165, 1.54) is 12.8 Å². The lowest BCUT2D eigenvalue weighted by molar-refractivity contribution is -0.385. The normalized spacial score (nSPS) is 23.0. The summed E-state index contributed by atoms with van der Waals surface area (Å²) in [6.07, 6.45) is 2.38. The fourth-order valence-corrected chi connectivity index (χ4v) is 2.39. The number of rotatable bonds is 3. The van der Waals surface area contributed by atoms with Gasteiger partial charge in [0.15, 0.2) is 0 Å². The third-order valence-corrected chi connectivity index (χ3v) is 3.47. The van der Waals surface area contributed by atoms with Gasteiger partial charge < -0.3 is 5.32 Å². The summed E-state index contributed by atoms with van der Waals surface area (Å²) in [6, 6.07) is 4.07. The highest BCUT2D eigenvalue weighted by Crippen LogP contribution is 2.32. The first-order valence-corrected chi connectivity index (χ1v) is 5.99. The lowest BCUT2D eigenvalue weighted by atomic mass is 9.81. The highest BCUT2D eigenvalue weighted by molar-refractivity contribution is 5.59. The zero-order chi connectivity index (χ0) is 12.6. The second kappa shape index (κ2) is 4.35. The average Bonchev–Trinajstić information content (AvgIpc) is 2.20. The van der Waals surface area contributed by atoms with Gasteiger partial charge in [-0.05, 0) is 44.2 Å². The minimum Gasteiger partial charge on any atom is -0.382 e. The molecule has 0 saturated heterocycles. The molecule has 4 nitrogen and oxygen atoms in total. The first kappa shape index (κ1) is 11.9. The Morgan fingerprint density at radius 2 is 1.94 bits per heavy atom. The van der Waals surface area contributed by atoms with Gasteiger partial charge in [-0.2, -0.15) is 0 Å². The number of hydrogen-bond acceptors (Lipinski definition) is 3. The molecule has 1 saturated carbocycles. The SMILES string of the molecule is Cc1cc([N+](=O)[O-])c(C)cc1NC1CC(C)C1. The molecule has 4 heteroatoms. The van der Waals surface area contributed by atoms with Gasteiger partial charge in [0.05, 0.1) is 4.92 Å². The summed E-state index contributed by atoms with van der Waals surface area (Å²) in [5.41, 5.74) is 2.90. The summed E-state index contributed by atoms with van der Waals surface area (Å²) in [5, 5.41) is 14.3. The molecule has 0 bridgehead atoms. The zero-order valence-electron chi connectivity index (χ0n) is 10.5. The molecule has 0 unspecified atom stereocenters. The molecule has 0 amide bonds. The molecule has 1 N–H and O–H groups in total. The van der Waals surface area contributed by atoms with Crippen LogP contribution in [-0.4, -0.2) is 11.0 Å². The van der Waals surface area contributed by atoms with E-state index < -0.39 is 0 Å². The van der Waals surface area contributed by atoms with Crippen LogP contribution in [0.25, 0.3) is 0 Å². The summed E-state index contributed by atoms with van der Waals surface area (Å²) >= 11 is 0. The molecule has 1 aromatic rings. The first-order valence-electron chi connectivity index (χ1n) is 5.99. The zero-order valence-corrected chi connectivity index (χ0v) is 10.5. The molecule has 0 aromatic heterocycles. The van der Waals surface area contributed by atoms with Gasteiger partial charge in [0.1, 0.15) is 0 Å². The van der Waals surface area contributed by atoms with E-state index in [4.69, 9.17) is 0 Å². The molecular formula is C13H18N2O2. The van der Waals surface area contributed by atoms with E-state index in [2.05, 4.69) is 12.2 Å². The molecule has 0 atom stereocenters. The maximum Gasteiger partial charge on any atom is 0.272 e. The molecular weight excluding hydrogens is 216 g/mol. The van der Waals surface area contributed by atoms with E-state index in [1.54, 1.807) is 13.0 Å². The summed E-state index contributed by atoms with van der Waals surface area (Å²) < 4.78 is 0. The van der Waals surface area contributed by atoms with Crippen molar-refractivity contribution in [2.24, 2.45) is 5.92 Å². The Bertz CT molecular complexity index is 451. The Morgan fingerprint density at radius 1 is 1.29 bits per heavy atom. The Balaban J connectivity index is 2.18. The molecule has 2 rings (SSSR count). The van der Waals surface area contributed by atoms with Crippen LogP contribution >= 0.6 is 0 Å². The Morgan fingerprint density at radius 3 is 2.47 bits per heavy atom. The number of nitrogens with one attached hydrogen (secondary N) is 1. The van der Waals surface area contributed by atoms with Gasteiger partial charge in [0.2, 0.25) is 0 Å². The van der Waals surface area contributed by atoms with Crippen molar-refractivity contribution in [3.63, 3.8) is 0 Å². The number of nitro benzene ring substituents is 1. The maximum atomic E-state index is 10.8. The van der Waals surface area contributed by atoms with Crippen molar-refractivity contribution >= 4 is 11.4 Å². The second-order valence-electron chi connectivity index (χ2n) is 5.13. The van der Waals surface area contributed by atoms with E-state index in [0.717, 1.165) is 22.7 Å². The van der Waals surface area contributed by atoms with Crippen LogP contribution in [0.4, 0.5) is 11.4 Å². The van der Waals surface area contributed by atoms with Gasteiger partial charge in [0.25, 0.3) is 5.69 Å².